The van der Waals surface area contributed by atoms with Crippen LogP contribution >= 0.6 is 0 Å². The van der Waals surface area contributed by atoms with Crippen LogP contribution in [0.4, 0.5) is 0 Å². The van der Waals surface area contributed by atoms with Crippen molar-refractivity contribution >= 4 is 5.91 Å². The van der Waals surface area contributed by atoms with Gasteiger partial charge >= 0.3 is 0 Å². The number of amides is 1. The van der Waals surface area contributed by atoms with E-state index < -0.39 is 0 Å². The summed E-state index contributed by atoms with van der Waals surface area (Å²) in [4.78, 5) is 15.0. The molecule has 1 amide bonds. The molecular weight excluding hydrogens is 248 g/mol. The van der Waals surface area contributed by atoms with Crippen LogP contribution in [0.3, 0.4) is 0 Å². The highest BCUT2D eigenvalue weighted by Gasteiger charge is 2.36. The van der Waals surface area contributed by atoms with Gasteiger partial charge < -0.3 is 10.2 Å². The lowest BCUT2D eigenvalue weighted by atomic mass is 9.89. The summed E-state index contributed by atoms with van der Waals surface area (Å²) >= 11 is 0. The monoisotopic (exact) mass is 278 g/mol. The van der Waals surface area contributed by atoms with Gasteiger partial charge in [-0.25, -0.2) is 0 Å². The molecule has 0 spiro atoms. The number of piperidine rings is 1. The Labute approximate surface area is 123 Å². The molecule has 1 aliphatic carbocycles. The number of hydrogen-bond acceptors (Lipinski definition) is 2. The lowest BCUT2D eigenvalue weighted by molar-refractivity contribution is -0.136. The van der Waals surface area contributed by atoms with Crippen LogP contribution in [0.15, 0.2) is 0 Å². The third-order valence-electron chi connectivity index (χ3n) is 5.60. The van der Waals surface area contributed by atoms with E-state index in [1.165, 1.54) is 51.4 Å². The van der Waals surface area contributed by atoms with Crippen LogP contribution in [0.1, 0.15) is 71.6 Å². The minimum Gasteiger partial charge on any atom is -0.337 e. The molecule has 0 radical (unpaired) electrons. The summed E-state index contributed by atoms with van der Waals surface area (Å²) in [6.07, 6.45) is 10.9. The van der Waals surface area contributed by atoms with Crippen molar-refractivity contribution < 1.29 is 4.79 Å². The number of nitrogens with one attached hydrogen (secondary N) is 1. The molecule has 114 valence electrons. The number of hydrogen-bond donors (Lipinski definition) is 1. The Morgan fingerprint density at radius 1 is 1.10 bits per heavy atom. The van der Waals surface area contributed by atoms with E-state index in [1.807, 2.05) is 0 Å². The summed E-state index contributed by atoms with van der Waals surface area (Å²) < 4.78 is 0. The second kappa shape index (κ2) is 6.05. The average Bonchev–Trinajstić information content (AvgIpc) is 2.99. The summed E-state index contributed by atoms with van der Waals surface area (Å²) in [7, 11) is 0. The van der Waals surface area contributed by atoms with Crippen molar-refractivity contribution in [3.8, 4) is 0 Å². The van der Waals surface area contributed by atoms with Crippen LogP contribution in [0, 0.1) is 5.92 Å². The molecule has 1 N–H and O–H groups in total. The Morgan fingerprint density at radius 2 is 1.70 bits per heavy atom. The molecule has 2 aliphatic heterocycles. The SMILES string of the molecule is CC(C)N(C(=O)CC1CC2CCC(C1)N2)C1CCCC1. The molecule has 2 saturated heterocycles. The number of nitrogens with zero attached hydrogens (tertiary/aromatic N) is 1. The van der Waals surface area contributed by atoms with E-state index in [0.717, 1.165) is 6.42 Å². The maximum atomic E-state index is 12.8. The summed E-state index contributed by atoms with van der Waals surface area (Å²) in [5, 5.41) is 3.68. The predicted molar refractivity (Wildman–Crippen MR) is 81.5 cm³/mol. The Kier molecular flexibility index (Phi) is 4.34. The molecule has 0 aromatic rings. The minimum absolute atomic E-state index is 0.365. The van der Waals surface area contributed by atoms with E-state index >= 15 is 0 Å². The van der Waals surface area contributed by atoms with Crippen molar-refractivity contribution in [2.24, 2.45) is 5.92 Å². The van der Waals surface area contributed by atoms with Crippen molar-refractivity contribution in [1.29, 1.82) is 0 Å². The molecule has 2 atom stereocenters. The van der Waals surface area contributed by atoms with Crippen molar-refractivity contribution in [2.45, 2.75) is 95.8 Å². The van der Waals surface area contributed by atoms with Crippen LogP contribution in [-0.2, 0) is 4.79 Å². The van der Waals surface area contributed by atoms with E-state index in [4.69, 9.17) is 0 Å². The highest BCUT2D eigenvalue weighted by atomic mass is 16.2. The minimum atomic E-state index is 0.365. The highest BCUT2D eigenvalue weighted by Crippen LogP contribution is 2.34. The molecule has 2 bridgehead atoms. The van der Waals surface area contributed by atoms with Crippen molar-refractivity contribution in [3.63, 3.8) is 0 Å². The summed E-state index contributed by atoms with van der Waals surface area (Å²) in [6.45, 7) is 4.37. The Balaban J connectivity index is 1.58. The summed E-state index contributed by atoms with van der Waals surface area (Å²) in [5.41, 5.74) is 0. The second-order valence-electron chi connectivity index (χ2n) is 7.51. The van der Waals surface area contributed by atoms with Gasteiger partial charge in [0.15, 0.2) is 0 Å². The largest absolute Gasteiger partial charge is 0.337 e. The van der Waals surface area contributed by atoms with E-state index in [9.17, 15) is 4.79 Å². The van der Waals surface area contributed by atoms with Gasteiger partial charge in [0, 0.05) is 30.6 Å². The van der Waals surface area contributed by atoms with Gasteiger partial charge in [0.25, 0.3) is 0 Å². The standard InChI is InChI=1S/C17H30N2O/c1-12(2)19(16-5-3-4-6-16)17(20)11-13-9-14-7-8-15(10-13)18-14/h12-16,18H,3-11H2,1-2H3. The predicted octanol–water partition coefficient (Wildman–Crippen LogP) is 3.09. The first kappa shape index (κ1) is 14.4. The van der Waals surface area contributed by atoms with E-state index in [0.29, 0.717) is 36.0 Å². The molecule has 3 rings (SSSR count). The van der Waals surface area contributed by atoms with Crippen molar-refractivity contribution in [2.75, 3.05) is 0 Å². The molecule has 20 heavy (non-hydrogen) atoms. The molecular formula is C17H30N2O. The van der Waals surface area contributed by atoms with Crippen molar-refractivity contribution in [1.82, 2.24) is 10.2 Å². The van der Waals surface area contributed by atoms with Crippen LogP contribution < -0.4 is 5.32 Å². The zero-order valence-corrected chi connectivity index (χ0v) is 13.1. The quantitative estimate of drug-likeness (QED) is 0.857. The number of rotatable bonds is 4. The van der Waals surface area contributed by atoms with Gasteiger partial charge in [-0.15, -0.1) is 0 Å². The molecule has 0 aromatic heterocycles. The Hall–Kier alpha value is -0.570. The number of carbonyl (C=O) groups excluding carboxylic acids is 1. The fourth-order valence-electron chi connectivity index (χ4n) is 4.79. The first-order valence-corrected chi connectivity index (χ1v) is 8.70. The smallest absolute Gasteiger partial charge is 0.223 e. The molecule has 0 aromatic carbocycles. The van der Waals surface area contributed by atoms with Gasteiger partial charge in [-0.2, -0.15) is 0 Å². The topological polar surface area (TPSA) is 32.3 Å². The van der Waals surface area contributed by atoms with Crippen molar-refractivity contribution in [3.05, 3.63) is 0 Å². The zero-order chi connectivity index (χ0) is 14.1. The summed E-state index contributed by atoms with van der Waals surface area (Å²) in [5.74, 6) is 1.06. The lowest BCUT2D eigenvalue weighted by Gasteiger charge is -2.35. The molecule has 3 fully saturated rings. The zero-order valence-electron chi connectivity index (χ0n) is 13.1. The normalized spacial score (nSPS) is 33.9. The molecule has 3 heteroatoms. The molecule has 3 nitrogen and oxygen atoms in total. The van der Waals surface area contributed by atoms with Crippen LogP contribution in [0.5, 0.6) is 0 Å². The van der Waals surface area contributed by atoms with E-state index in [-0.39, 0.29) is 0 Å². The van der Waals surface area contributed by atoms with E-state index in [2.05, 4.69) is 24.1 Å². The third kappa shape index (κ3) is 3.03. The van der Waals surface area contributed by atoms with Gasteiger partial charge in [0.2, 0.25) is 5.91 Å². The maximum absolute atomic E-state index is 12.8. The van der Waals surface area contributed by atoms with Gasteiger partial charge in [-0.05, 0) is 58.3 Å². The maximum Gasteiger partial charge on any atom is 0.223 e. The third-order valence-corrected chi connectivity index (χ3v) is 5.60. The first-order valence-electron chi connectivity index (χ1n) is 8.70. The fourth-order valence-corrected chi connectivity index (χ4v) is 4.79. The first-order chi connectivity index (χ1) is 9.63. The van der Waals surface area contributed by atoms with Gasteiger partial charge in [0.1, 0.15) is 0 Å². The second-order valence-corrected chi connectivity index (χ2v) is 7.51. The number of fused-ring (bicyclic) bond motifs is 2. The van der Waals surface area contributed by atoms with Gasteiger partial charge in [0.05, 0.1) is 0 Å². The summed E-state index contributed by atoms with van der Waals surface area (Å²) in [6, 6.07) is 2.29. The lowest BCUT2D eigenvalue weighted by Crippen LogP contribution is -2.46. The Bertz CT molecular complexity index is 337. The Morgan fingerprint density at radius 3 is 2.25 bits per heavy atom. The number of carbonyl (C=O) groups is 1. The van der Waals surface area contributed by atoms with Gasteiger partial charge in [-0.3, -0.25) is 4.79 Å². The van der Waals surface area contributed by atoms with Crippen LogP contribution in [0.2, 0.25) is 0 Å². The average molecular weight is 278 g/mol. The highest BCUT2D eigenvalue weighted by molar-refractivity contribution is 5.77. The molecule has 2 unspecified atom stereocenters. The van der Waals surface area contributed by atoms with Crippen LogP contribution in [0.25, 0.3) is 0 Å². The fraction of sp³-hybridized carbons (Fsp3) is 0.941. The molecule has 1 saturated carbocycles. The van der Waals surface area contributed by atoms with E-state index in [1.54, 1.807) is 0 Å². The van der Waals surface area contributed by atoms with Gasteiger partial charge in [-0.1, -0.05) is 12.8 Å². The molecule has 2 heterocycles. The van der Waals surface area contributed by atoms with Crippen LogP contribution in [-0.4, -0.2) is 35.0 Å². The molecule has 3 aliphatic rings.